The number of nitrogens with one attached hydrogen (secondary N) is 2. The van der Waals surface area contributed by atoms with Crippen molar-refractivity contribution < 1.29 is 46.1 Å². The van der Waals surface area contributed by atoms with Crippen LogP contribution in [0.2, 0.25) is 0 Å². The van der Waals surface area contributed by atoms with Crippen LogP contribution in [0.3, 0.4) is 0 Å². The van der Waals surface area contributed by atoms with Gasteiger partial charge in [0.2, 0.25) is 0 Å². The van der Waals surface area contributed by atoms with Crippen molar-refractivity contribution in [2.75, 3.05) is 59.1 Å². The Balaban J connectivity index is 0.000000573. The molecule has 1 aliphatic rings. The van der Waals surface area contributed by atoms with E-state index in [4.69, 9.17) is 30.7 Å². The van der Waals surface area contributed by atoms with Gasteiger partial charge in [-0.05, 0) is 96.9 Å². The molecule has 1 aromatic carbocycles. The van der Waals surface area contributed by atoms with Gasteiger partial charge in [0.25, 0.3) is 5.56 Å². The second-order valence-corrected chi connectivity index (χ2v) is 23.6. The number of aromatic amines is 2. The van der Waals surface area contributed by atoms with Gasteiger partial charge in [0, 0.05) is 18.2 Å². The molecule has 1 fully saturated rings. The maximum absolute atomic E-state index is 14.6. The molecule has 0 radical (unpaired) electrons. The zero-order valence-electron chi connectivity index (χ0n) is 44.7. The van der Waals surface area contributed by atoms with E-state index in [1.54, 1.807) is 0 Å². The van der Waals surface area contributed by atoms with E-state index in [1.165, 1.54) is 139 Å². The summed E-state index contributed by atoms with van der Waals surface area (Å²) in [6.07, 6.45) is 14.4. The Morgan fingerprint density at radius 1 is 0.753 bits per heavy atom. The number of hydrogen-bond acceptors (Lipinski definition) is 13. The summed E-state index contributed by atoms with van der Waals surface area (Å²) in [5, 5.41) is 0. The van der Waals surface area contributed by atoms with E-state index in [-0.39, 0.29) is 24.5 Å². The first-order chi connectivity index (χ1) is 34.9. The number of benzene rings is 1. The van der Waals surface area contributed by atoms with Crippen LogP contribution in [0.5, 0.6) is 0 Å². The monoisotopic (exact) mass is 1160 g/mol. The van der Waals surface area contributed by atoms with Gasteiger partial charge in [-0.15, -0.1) is 0 Å². The molecular weight excluding hydrogens is 1070 g/mol. The van der Waals surface area contributed by atoms with Gasteiger partial charge in [-0.3, -0.25) is 14.3 Å². The molecule has 0 amide bonds. The van der Waals surface area contributed by atoms with Crippen LogP contribution < -0.4 is 25.9 Å². The van der Waals surface area contributed by atoms with Gasteiger partial charge < -0.3 is 14.5 Å². The van der Waals surface area contributed by atoms with E-state index in [0.717, 1.165) is 4.46 Å². The normalized spacial score (nSPS) is 17.2. The van der Waals surface area contributed by atoms with Crippen LogP contribution >= 0.6 is 27.9 Å². The van der Waals surface area contributed by atoms with E-state index < -0.39 is 79.1 Å². The molecule has 73 heavy (non-hydrogen) atoms. The number of unbranched alkanes of at least 4 members (excludes halogenated alkanes) is 6. The SMILES string of the molecule is CCCCN(CCCC)CCCC.CCCCN(CCCC)CCCC.CCCc1c([Se]c2ccccc2)n(COCCOP(=O)(O)OP(=O)(O)OC[C@H]2O[C@@H](n3cc(C)c(=O)[nH]c3=S)C[C@@H]2F)c(=O)[nH]c1=O. The predicted molar refractivity (Wildman–Crippen MR) is 292 cm³/mol. The molecule has 0 saturated carbocycles. The molecule has 18 nitrogen and oxygen atoms in total. The van der Waals surface area contributed by atoms with Crippen LogP contribution in [0.4, 0.5) is 4.39 Å². The minimum atomic E-state index is -5.25. The number of phosphoric acid groups is 2. The van der Waals surface area contributed by atoms with Crippen LogP contribution in [0, 0.1) is 11.7 Å². The first-order valence-electron chi connectivity index (χ1n) is 26.3. The van der Waals surface area contributed by atoms with E-state index >= 15 is 0 Å². The summed E-state index contributed by atoms with van der Waals surface area (Å²) in [5.74, 6) is 0. The predicted octanol–water partition coefficient (Wildman–Crippen LogP) is 8.60. The summed E-state index contributed by atoms with van der Waals surface area (Å²) >= 11 is 4.67. The number of ether oxygens (including phenoxy) is 2. The Labute approximate surface area is 444 Å². The van der Waals surface area contributed by atoms with Gasteiger partial charge in [-0.2, -0.15) is 0 Å². The van der Waals surface area contributed by atoms with Crippen LogP contribution in [-0.4, -0.2) is 125 Å². The molecular formula is C50H87FN6O12P2SSe. The average molecular weight is 1160 g/mol. The average Bonchev–Trinajstić information content (AvgIpc) is 3.73. The van der Waals surface area contributed by atoms with Crippen molar-refractivity contribution in [3.05, 3.63) is 83.6 Å². The molecule has 1 saturated heterocycles. The molecule has 23 heteroatoms. The molecule has 0 aliphatic carbocycles. The molecule has 3 aromatic rings. The zero-order valence-corrected chi connectivity index (χ0v) is 49.0. The molecule has 5 atom stereocenters. The fourth-order valence-corrected chi connectivity index (χ4v) is 12.0. The Morgan fingerprint density at radius 2 is 1.26 bits per heavy atom. The van der Waals surface area contributed by atoms with E-state index in [1.807, 2.05) is 37.3 Å². The fraction of sp³-hybridized carbons (Fsp3) is 0.720. The van der Waals surface area contributed by atoms with Crippen LogP contribution in [-0.2, 0) is 45.1 Å². The molecule has 4 N–H and O–H groups in total. The number of rotatable bonds is 34. The molecule has 0 bridgehead atoms. The molecule has 2 unspecified atom stereocenters. The zero-order chi connectivity index (χ0) is 54.2. The summed E-state index contributed by atoms with van der Waals surface area (Å²) in [5.41, 5.74) is -0.832. The molecule has 3 heterocycles. The third kappa shape index (κ3) is 26.4. The second kappa shape index (κ2) is 37.3. The fourth-order valence-electron chi connectivity index (χ4n) is 7.38. The third-order valence-corrected chi connectivity index (χ3v) is 17.0. The van der Waals surface area contributed by atoms with Crippen molar-refractivity contribution >= 4 is 51.9 Å². The van der Waals surface area contributed by atoms with E-state index in [9.17, 15) is 37.7 Å². The van der Waals surface area contributed by atoms with Gasteiger partial charge in [0.05, 0.1) is 0 Å². The molecule has 4 rings (SSSR count). The third-order valence-electron chi connectivity index (χ3n) is 11.6. The van der Waals surface area contributed by atoms with Crippen LogP contribution in [0.1, 0.15) is 156 Å². The topological polar surface area (TPSA) is 220 Å². The number of alkyl halides is 1. The van der Waals surface area contributed by atoms with E-state index in [0.29, 0.717) is 28.6 Å². The van der Waals surface area contributed by atoms with Crippen molar-refractivity contribution in [3.63, 3.8) is 0 Å². The van der Waals surface area contributed by atoms with Crippen LogP contribution in [0.15, 0.2) is 50.9 Å². The van der Waals surface area contributed by atoms with Crippen molar-refractivity contribution in [1.29, 1.82) is 0 Å². The van der Waals surface area contributed by atoms with Gasteiger partial charge in [0.1, 0.15) is 18.5 Å². The quantitative estimate of drug-likeness (QED) is 0.0190. The number of nitrogens with zero attached hydrogens (tertiary/aromatic N) is 4. The van der Waals surface area contributed by atoms with Crippen molar-refractivity contribution in [1.82, 2.24) is 28.9 Å². The molecule has 1 aliphatic heterocycles. The summed E-state index contributed by atoms with van der Waals surface area (Å²) < 4.78 is 68.0. The number of phosphoric ester groups is 2. The first kappa shape index (κ1) is 66.7. The molecule has 418 valence electrons. The summed E-state index contributed by atoms with van der Waals surface area (Å²) in [6, 6.07) is 9.29. The van der Waals surface area contributed by atoms with Crippen molar-refractivity contribution in [2.24, 2.45) is 0 Å². The Morgan fingerprint density at radius 3 is 1.75 bits per heavy atom. The van der Waals surface area contributed by atoms with Crippen molar-refractivity contribution in [3.8, 4) is 0 Å². The second-order valence-electron chi connectivity index (χ2n) is 18.0. The van der Waals surface area contributed by atoms with Gasteiger partial charge in [-0.25, -0.2) is 4.39 Å². The number of aryl methyl sites for hydroxylation is 1. The first-order valence-corrected chi connectivity index (χ1v) is 31.4. The van der Waals surface area contributed by atoms with Gasteiger partial charge in [0.15, 0.2) is 4.77 Å². The van der Waals surface area contributed by atoms with Gasteiger partial charge in [-0.1, -0.05) is 80.1 Å². The number of halogens is 1. The maximum atomic E-state index is 14.6. The van der Waals surface area contributed by atoms with E-state index in [2.05, 4.69) is 65.6 Å². The summed E-state index contributed by atoms with van der Waals surface area (Å²) in [7, 11) is -10.4. The van der Waals surface area contributed by atoms with Crippen molar-refractivity contribution in [2.45, 2.75) is 177 Å². The standard InChI is InChI=1S/C26H33FN4O12P2SSe.2C12H27N/c1-3-7-18-23(33)28-25(34)31(24(18)47-17-8-5-4-6-9-17)15-39-10-11-40-44(35,36)43-45(37,38)41-14-20-19(27)12-21(42-20)30-13-16(2)22(32)29-26(30)46;2*1-4-7-10-13(11-8-5-2)12-9-6-3/h4-6,8-9,13,19-21H,3,7,10-12,14-15H2,1-2H3,(H,35,36)(H,37,38)(H,28,33,34)(H,29,32,46);2*4-12H2,1-3H3/t19-,20+,21+;;/m0../s1. The Kier molecular flexibility index (Phi) is 34.1. The van der Waals surface area contributed by atoms with Gasteiger partial charge >= 0.3 is 189 Å². The number of H-pyrrole nitrogens is 2. The minimum absolute atomic E-state index is 0.0154. The number of hydrogen-bond donors (Lipinski definition) is 4. The van der Waals surface area contributed by atoms with Crippen LogP contribution in [0.25, 0.3) is 0 Å². The number of aromatic nitrogens is 4. The Bertz CT molecular complexity index is 2260. The molecule has 0 spiro atoms. The Hall–Kier alpha value is -2.45. The summed E-state index contributed by atoms with van der Waals surface area (Å²) in [6.45, 7) is 22.9. The molecule has 2 aromatic heterocycles. The summed E-state index contributed by atoms with van der Waals surface area (Å²) in [4.78, 5) is 66.9.